The number of aliphatic carboxylic acids is 1. The van der Waals surface area contributed by atoms with Crippen LogP contribution in [-0.2, 0) is 9.53 Å². The Labute approximate surface area is 97.6 Å². The van der Waals surface area contributed by atoms with E-state index >= 15 is 0 Å². The highest BCUT2D eigenvalue weighted by Crippen LogP contribution is 2.26. The van der Waals surface area contributed by atoms with Crippen molar-refractivity contribution in [1.82, 2.24) is 0 Å². The summed E-state index contributed by atoms with van der Waals surface area (Å²) < 4.78 is 5.00. The van der Waals surface area contributed by atoms with Crippen LogP contribution in [0.1, 0.15) is 6.92 Å². The Hall–Kier alpha value is -1.15. The van der Waals surface area contributed by atoms with E-state index in [1.54, 1.807) is 0 Å². The molecule has 1 aliphatic heterocycles. The first-order valence-electron chi connectivity index (χ1n) is 5.15. The minimum absolute atomic E-state index is 0.482. The predicted molar refractivity (Wildman–Crippen MR) is 54.9 cm³/mol. The van der Waals surface area contributed by atoms with E-state index in [-0.39, 0.29) is 0 Å². The van der Waals surface area contributed by atoms with Gasteiger partial charge in [-0.2, -0.15) is 0 Å². The van der Waals surface area contributed by atoms with Crippen molar-refractivity contribution < 1.29 is 35.1 Å². The first-order valence-corrected chi connectivity index (χ1v) is 5.15. The lowest BCUT2D eigenvalue weighted by Crippen LogP contribution is -2.49. The first kappa shape index (κ1) is 13.9. The molecule has 0 radical (unpaired) electrons. The number of rotatable bonds is 4. The van der Waals surface area contributed by atoms with Crippen LogP contribution in [0.3, 0.4) is 0 Å². The smallest absolute Gasteiger partial charge is 0.370 e. The number of ether oxygens (including phenoxy) is 1. The summed E-state index contributed by atoms with van der Waals surface area (Å²) in [4.78, 5) is 10.7. The van der Waals surface area contributed by atoms with Gasteiger partial charge >= 0.3 is 5.97 Å². The third-order valence-corrected chi connectivity index (χ3v) is 2.77. The summed E-state index contributed by atoms with van der Waals surface area (Å²) in [5, 5.41) is 46.0. The zero-order valence-corrected chi connectivity index (χ0v) is 9.22. The second kappa shape index (κ2) is 5.46. The van der Waals surface area contributed by atoms with Crippen molar-refractivity contribution in [2.45, 2.75) is 31.3 Å². The molecule has 0 fully saturated rings. The van der Waals surface area contributed by atoms with Crippen molar-refractivity contribution in [2.24, 2.45) is 5.92 Å². The lowest BCUT2D eigenvalue weighted by atomic mass is 9.89. The van der Waals surface area contributed by atoms with E-state index in [0.717, 1.165) is 6.08 Å². The highest BCUT2D eigenvalue weighted by molar-refractivity contribution is 5.84. The summed E-state index contributed by atoms with van der Waals surface area (Å²) in [5.74, 6) is -2.45. The van der Waals surface area contributed by atoms with Crippen molar-refractivity contribution in [3.05, 3.63) is 11.8 Å². The van der Waals surface area contributed by atoms with Crippen molar-refractivity contribution in [3.63, 3.8) is 0 Å². The Bertz CT molecular complexity index is 314. The van der Waals surface area contributed by atoms with Crippen LogP contribution in [0.4, 0.5) is 0 Å². The Morgan fingerprint density at radius 1 is 1.53 bits per heavy atom. The lowest BCUT2D eigenvalue weighted by molar-refractivity contribution is -0.151. The third-order valence-electron chi connectivity index (χ3n) is 2.77. The first-order chi connectivity index (χ1) is 7.88. The molecule has 98 valence electrons. The average molecular weight is 248 g/mol. The van der Waals surface area contributed by atoms with Crippen LogP contribution in [0.2, 0.25) is 0 Å². The van der Waals surface area contributed by atoms with Crippen molar-refractivity contribution in [1.29, 1.82) is 0 Å². The molecule has 5 N–H and O–H groups in total. The summed E-state index contributed by atoms with van der Waals surface area (Å²) in [6, 6.07) is 0. The Morgan fingerprint density at radius 3 is 2.59 bits per heavy atom. The molecule has 0 aromatic heterocycles. The summed E-state index contributed by atoms with van der Waals surface area (Å²) in [7, 11) is 0. The highest BCUT2D eigenvalue weighted by atomic mass is 16.5. The van der Waals surface area contributed by atoms with Gasteiger partial charge in [-0.1, -0.05) is 6.92 Å². The summed E-state index contributed by atoms with van der Waals surface area (Å²) in [6.45, 7) is 0.855. The quantitative estimate of drug-likeness (QED) is 0.392. The fourth-order valence-electron chi connectivity index (χ4n) is 1.62. The van der Waals surface area contributed by atoms with Crippen LogP contribution in [0.5, 0.6) is 0 Å². The molecule has 5 unspecified atom stereocenters. The van der Waals surface area contributed by atoms with Gasteiger partial charge in [0.05, 0.1) is 12.7 Å². The van der Waals surface area contributed by atoms with Gasteiger partial charge in [0.1, 0.15) is 18.3 Å². The summed E-state index contributed by atoms with van der Waals surface area (Å²) >= 11 is 0. The number of hydrogen-bond acceptors (Lipinski definition) is 6. The summed E-state index contributed by atoms with van der Waals surface area (Å²) in [5.41, 5.74) is 0. The molecule has 1 heterocycles. The standard InChI is InChI=1S/C10H16O7/c1-4-5(12)2-7(10(15)16)17-9(4)8(14)6(13)3-11/h2,4-6,8-9,11-14H,3H2,1H3,(H,15,16). The second-order valence-electron chi connectivity index (χ2n) is 4.01. The normalized spacial score (nSPS) is 32.3. The molecule has 0 spiro atoms. The number of carbonyl (C=O) groups is 1. The van der Waals surface area contributed by atoms with Crippen LogP contribution < -0.4 is 0 Å². The van der Waals surface area contributed by atoms with Crippen LogP contribution >= 0.6 is 0 Å². The van der Waals surface area contributed by atoms with Gasteiger partial charge in [0.25, 0.3) is 0 Å². The Balaban J connectivity index is 2.87. The van der Waals surface area contributed by atoms with Crippen molar-refractivity contribution >= 4 is 5.97 Å². The average Bonchev–Trinajstić information content (AvgIpc) is 2.30. The Kier molecular flexibility index (Phi) is 4.47. The van der Waals surface area contributed by atoms with Crippen LogP contribution in [0.15, 0.2) is 11.8 Å². The molecule has 17 heavy (non-hydrogen) atoms. The van der Waals surface area contributed by atoms with Gasteiger partial charge in [-0.05, 0) is 6.08 Å². The van der Waals surface area contributed by atoms with E-state index in [2.05, 4.69) is 0 Å². The van der Waals surface area contributed by atoms with E-state index < -0.39 is 48.7 Å². The highest BCUT2D eigenvalue weighted by Gasteiger charge is 2.39. The van der Waals surface area contributed by atoms with Gasteiger partial charge in [0.2, 0.25) is 5.76 Å². The third kappa shape index (κ3) is 2.95. The number of carboxylic acids is 1. The molecule has 0 bridgehead atoms. The topological polar surface area (TPSA) is 127 Å². The maximum Gasteiger partial charge on any atom is 0.370 e. The van der Waals surface area contributed by atoms with Gasteiger partial charge in [-0.3, -0.25) is 0 Å². The van der Waals surface area contributed by atoms with Crippen LogP contribution in [-0.4, -0.2) is 62.5 Å². The predicted octanol–water partition coefficient (Wildman–Crippen LogP) is -1.94. The minimum Gasteiger partial charge on any atom is -0.480 e. The maximum atomic E-state index is 10.7. The van der Waals surface area contributed by atoms with E-state index in [0.29, 0.717) is 0 Å². The van der Waals surface area contributed by atoms with Crippen LogP contribution in [0, 0.1) is 5.92 Å². The molecule has 1 aliphatic rings. The molecule has 0 saturated heterocycles. The SMILES string of the molecule is CC1C(O)C=C(C(=O)O)OC1C(O)C(O)CO. The van der Waals surface area contributed by atoms with Crippen LogP contribution in [0.25, 0.3) is 0 Å². The zero-order valence-electron chi connectivity index (χ0n) is 9.22. The lowest BCUT2D eigenvalue weighted by Gasteiger charge is -2.36. The monoisotopic (exact) mass is 248 g/mol. The summed E-state index contributed by atoms with van der Waals surface area (Å²) in [6.07, 6.45) is -4.10. The Morgan fingerprint density at radius 2 is 2.12 bits per heavy atom. The minimum atomic E-state index is -1.48. The molecule has 1 rings (SSSR count). The molecule has 0 aromatic rings. The molecule has 0 aliphatic carbocycles. The molecular formula is C10H16O7. The van der Waals surface area contributed by atoms with E-state index in [1.165, 1.54) is 6.92 Å². The second-order valence-corrected chi connectivity index (χ2v) is 4.01. The van der Waals surface area contributed by atoms with Gasteiger partial charge in [-0.25, -0.2) is 4.79 Å². The van der Waals surface area contributed by atoms with Gasteiger partial charge in [-0.15, -0.1) is 0 Å². The maximum absolute atomic E-state index is 10.7. The fraction of sp³-hybridized carbons (Fsp3) is 0.700. The largest absolute Gasteiger partial charge is 0.480 e. The van der Waals surface area contributed by atoms with Gasteiger partial charge < -0.3 is 30.3 Å². The zero-order chi connectivity index (χ0) is 13.2. The molecule has 5 atom stereocenters. The van der Waals surface area contributed by atoms with E-state index in [9.17, 15) is 20.1 Å². The van der Waals surface area contributed by atoms with E-state index in [1.807, 2.05) is 0 Å². The number of aliphatic hydroxyl groups excluding tert-OH is 4. The molecule has 0 aromatic carbocycles. The van der Waals surface area contributed by atoms with E-state index in [4.69, 9.17) is 14.9 Å². The number of aliphatic hydroxyl groups is 4. The van der Waals surface area contributed by atoms with Gasteiger partial charge in [0.15, 0.2) is 0 Å². The molecule has 0 saturated carbocycles. The molecule has 0 amide bonds. The molecule has 7 nitrogen and oxygen atoms in total. The molecule has 7 heteroatoms. The molecular weight excluding hydrogens is 232 g/mol. The number of carboxylic acid groups (broad SMARTS) is 1. The van der Waals surface area contributed by atoms with Gasteiger partial charge in [0, 0.05) is 5.92 Å². The van der Waals surface area contributed by atoms with Crippen molar-refractivity contribution in [3.8, 4) is 0 Å². The van der Waals surface area contributed by atoms with Crippen molar-refractivity contribution in [2.75, 3.05) is 6.61 Å². The fourth-order valence-corrected chi connectivity index (χ4v) is 1.62. The number of hydrogen-bond donors (Lipinski definition) is 5.